The Hall–Kier alpha value is -7.18. The highest BCUT2D eigenvalue weighted by Gasteiger charge is 2.21. The molecule has 7 aromatic carbocycles. The molecular weight excluding hydrogens is 641 g/mol. The number of hydrogen-bond acceptors (Lipinski definition) is 6. The first-order valence-corrected chi connectivity index (χ1v) is 17.2. The normalized spacial score (nSPS) is 11.8. The Kier molecular flexibility index (Phi) is 6.15. The Morgan fingerprint density at radius 2 is 0.923 bits per heavy atom. The minimum atomic E-state index is 0.528. The van der Waals surface area contributed by atoms with Gasteiger partial charge in [-0.2, -0.15) is 0 Å². The summed E-state index contributed by atoms with van der Waals surface area (Å²) in [4.78, 5) is 20.1. The number of aromatic nitrogens is 4. The average Bonchev–Trinajstić information content (AvgIpc) is 3.79. The number of nitrogens with zero attached hydrogens (tertiary/aromatic N) is 4. The molecule has 0 amide bonds. The van der Waals surface area contributed by atoms with Crippen molar-refractivity contribution in [1.29, 1.82) is 0 Å². The van der Waals surface area contributed by atoms with E-state index in [4.69, 9.17) is 23.8 Å². The zero-order valence-corrected chi connectivity index (χ0v) is 27.6. The fourth-order valence-electron chi connectivity index (χ4n) is 7.65. The van der Waals surface area contributed by atoms with Crippen LogP contribution >= 0.6 is 0 Å². The van der Waals surface area contributed by atoms with Crippen LogP contribution in [0.2, 0.25) is 0 Å². The van der Waals surface area contributed by atoms with E-state index in [2.05, 4.69) is 102 Å². The molecule has 0 fully saturated rings. The second-order valence-electron chi connectivity index (χ2n) is 13.0. The molecule has 6 nitrogen and oxygen atoms in total. The summed E-state index contributed by atoms with van der Waals surface area (Å²) in [5, 5.41) is 8.51. The molecule has 0 saturated carbocycles. The van der Waals surface area contributed by atoms with E-state index in [1.807, 2.05) is 54.7 Å². The van der Waals surface area contributed by atoms with E-state index in [1.54, 1.807) is 6.20 Å². The van der Waals surface area contributed by atoms with E-state index >= 15 is 0 Å². The van der Waals surface area contributed by atoms with Crippen molar-refractivity contribution in [1.82, 2.24) is 19.9 Å². The van der Waals surface area contributed by atoms with Crippen LogP contribution in [0.1, 0.15) is 0 Å². The van der Waals surface area contributed by atoms with Gasteiger partial charge in [-0.3, -0.25) is 4.98 Å². The number of rotatable bonds is 4. The van der Waals surface area contributed by atoms with Gasteiger partial charge < -0.3 is 8.83 Å². The number of furan rings is 2. The summed E-state index contributed by atoms with van der Waals surface area (Å²) >= 11 is 0. The SMILES string of the molecule is c1ccc2cc(-c3nc(-c4ccc(-c5cccc6oc7ccccc7c56)c5ccccc45)nc(-c4cncc5oc6ccccc6c45)n3)ccc2c1. The van der Waals surface area contributed by atoms with E-state index in [1.165, 1.54) is 0 Å². The van der Waals surface area contributed by atoms with Crippen molar-refractivity contribution < 1.29 is 8.83 Å². The molecule has 6 heteroatoms. The molecule has 52 heavy (non-hydrogen) atoms. The third-order valence-electron chi connectivity index (χ3n) is 10.0. The predicted octanol–water partition coefficient (Wildman–Crippen LogP) is 12.0. The molecule has 4 heterocycles. The summed E-state index contributed by atoms with van der Waals surface area (Å²) < 4.78 is 12.5. The third kappa shape index (κ3) is 4.38. The van der Waals surface area contributed by atoms with Crippen molar-refractivity contribution in [2.75, 3.05) is 0 Å². The molecular formula is C46H26N4O2. The summed E-state index contributed by atoms with van der Waals surface area (Å²) in [5.41, 5.74) is 8.03. The second kappa shape index (κ2) is 11.2. The van der Waals surface area contributed by atoms with Crippen molar-refractivity contribution in [3.05, 3.63) is 158 Å². The van der Waals surface area contributed by atoms with Crippen molar-refractivity contribution in [2.24, 2.45) is 0 Å². The van der Waals surface area contributed by atoms with Gasteiger partial charge in [0.1, 0.15) is 16.7 Å². The van der Waals surface area contributed by atoms with E-state index in [0.717, 1.165) is 87.7 Å². The summed E-state index contributed by atoms with van der Waals surface area (Å²) in [7, 11) is 0. The van der Waals surface area contributed by atoms with Gasteiger partial charge in [0.15, 0.2) is 23.1 Å². The van der Waals surface area contributed by atoms with Crippen LogP contribution in [0.15, 0.2) is 167 Å². The highest BCUT2D eigenvalue weighted by atomic mass is 16.3. The van der Waals surface area contributed by atoms with Gasteiger partial charge in [-0.05, 0) is 63.0 Å². The lowest BCUT2D eigenvalue weighted by Gasteiger charge is -2.14. The lowest BCUT2D eigenvalue weighted by molar-refractivity contribution is 0.667. The van der Waals surface area contributed by atoms with Gasteiger partial charge >= 0.3 is 0 Å². The van der Waals surface area contributed by atoms with E-state index in [0.29, 0.717) is 23.1 Å². The largest absolute Gasteiger partial charge is 0.456 e. The van der Waals surface area contributed by atoms with Gasteiger partial charge in [-0.1, -0.05) is 115 Å². The second-order valence-corrected chi connectivity index (χ2v) is 13.0. The lowest BCUT2D eigenvalue weighted by atomic mass is 9.92. The molecule has 0 aliphatic rings. The van der Waals surface area contributed by atoms with Gasteiger partial charge in [0.05, 0.1) is 6.20 Å². The lowest BCUT2D eigenvalue weighted by Crippen LogP contribution is -2.01. The molecule has 11 aromatic rings. The van der Waals surface area contributed by atoms with Gasteiger partial charge in [0, 0.05) is 44.4 Å². The van der Waals surface area contributed by atoms with Gasteiger partial charge in [0.2, 0.25) is 0 Å². The summed E-state index contributed by atoms with van der Waals surface area (Å²) in [5.74, 6) is 1.69. The van der Waals surface area contributed by atoms with Crippen molar-refractivity contribution in [2.45, 2.75) is 0 Å². The number of para-hydroxylation sites is 2. The molecule has 0 unspecified atom stereocenters. The van der Waals surface area contributed by atoms with Gasteiger partial charge in [-0.15, -0.1) is 0 Å². The molecule has 11 rings (SSSR count). The van der Waals surface area contributed by atoms with E-state index < -0.39 is 0 Å². The smallest absolute Gasteiger partial charge is 0.166 e. The number of hydrogen-bond donors (Lipinski definition) is 0. The van der Waals surface area contributed by atoms with E-state index in [-0.39, 0.29) is 0 Å². The molecule has 0 saturated heterocycles. The molecule has 0 aliphatic carbocycles. The highest BCUT2D eigenvalue weighted by molar-refractivity contribution is 6.16. The predicted molar refractivity (Wildman–Crippen MR) is 209 cm³/mol. The van der Waals surface area contributed by atoms with Gasteiger partial charge in [0.25, 0.3) is 0 Å². The Bertz CT molecular complexity index is 3210. The first-order valence-electron chi connectivity index (χ1n) is 17.2. The van der Waals surface area contributed by atoms with Crippen molar-refractivity contribution >= 4 is 65.4 Å². The topological polar surface area (TPSA) is 77.8 Å². The maximum absolute atomic E-state index is 6.27. The Morgan fingerprint density at radius 1 is 0.346 bits per heavy atom. The van der Waals surface area contributed by atoms with Crippen LogP contribution in [0, 0.1) is 0 Å². The fraction of sp³-hybridized carbons (Fsp3) is 0. The quantitative estimate of drug-likeness (QED) is 0.186. The van der Waals surface area contributed by atoms with Crippen LogP contribution in [0.3, 0.4) is 0 Å². The van der Waals surface area contributed by atoms with Crippen LogP contribution in [0.25, 0.3) is 111 Å². The molecule has 0 spiro atoms. The monoisotopic (exact) mass is 666 g/mol. The zero-order valence-electron chi connectivity index (χ0n) is 27.6. The molecule has 0 bridgehead atoms. The summed E-state index contributed by atoms with van der Waals surface area (Å²) in [6, 6.07) is 49.9. The molecule has 0 N–H and O–H groups in total. The maximum Gasteiger partial charge on any atom is 0.166 e. The molecule has 0 radical (unpaired) electrons. The fourth-order valence-corrected chi connectivity index (χ4v) is 7.65. The number of pyridine rings is 1. The van der Waals surface area contributed by atoms with Crippen LogP contribution < -0.4 is 0 Å². The number of fused-ring (bicyclic) bond motifs is 8. The first-order chi connectivity index (χ1) is 25.8. The number of benzene rings is 7. The molecule has 242 valence electrons. The van der Waals surface area contributed by atoms with Crippen LogP contribution in [0.4, 0.5) is 0 Å². The molecule has 0 aliphatic heterocycles. The Morgan fingerprint density at radius 3 is 1.71 bits per heavy atom. The minimum Gasteiger partial charge on any atom is -0.456 e. The Labute approximate surface area is 296 Å². The zero-order chi connectivity index (χ0) is 34.2. The van der Waals surface area contributed by atoms with Gasteiger partial charge in [-0.25, -0.2) is 15.0 Å². The van der Waals surface area contributed by atoms with Crippen LogP contribution in [-0.2, 0) is 0 Å². The third-order valence-corrected chi connectivity index (χ3v) is 10.0. The highest BCUT2D eigenvalue weighted by Crippen LogP contribution is 2.42. The van der Waals surface area contributed by atoms with Crippen molar-refractivity contribution in [3.63, 3.8) is 0 Å². The van der Waals surface area contributed by atoms with E-state index in [9.17, 15) is 0 Å². The van der Waals surface area contributed by atoms with Crippen LogP contribution in [-0.4, -0.2) is 19.9 Å². The summed E-state index contributed by atoms with van der Waals surface area (Å²) in [6.45, 7) is 0. The average molecular weight is 667 g/mol. The first kappa shape index (κ1) is 28.6. The Balaban J connectivity index is 1.17. The molecule has 4 aromatic heterocycles. The van der Waals surface area contributed by atoms with Crippen molar-refractivity contribution in [3.8, 4) is 45.3 Å². The van der Waals surface area contributed by atoms with Crippen LogP contribution in [0.5, 0.6) is 0 Å². The maximum atomic E-state index is 6.27. The minimum absolute atomic E-state index is 0.528. The molecule has 0 atom stereocenters. The summed E-state index contributed by atoms with van der Waals surface area (Å²) in [6.07, 6.45) is 3.58. The standard InChI is InChI=1S/C46H26N4O2/c1-2-11-28-24-29(21-20-27(28)10-1)44-48-45(50-46(49-44)37-25-47-26-41-43(37)36-15-6-8-18-39(36)52-41)34-23-22-32(30-12-3-4-13-31(30)34)33-16-9-19-40-42(33)35-14-5-7-17-38(35)51-40/h1-26H.